The number of benzene rings is 1. The molecule has 0 saturated heterocycles. The second kappa shape index (κ2) is 5.64. The molecule has 2 rings (SSSR count). The minimum Gasteiger partial charge on any atom is -0.396 e. The average molecular weight is 282 g/mol. The lowest BCUT2D eigenvalue weighted by atomic mass is 10.1. The molecule has 1 heterocycles. The molecule has 0 aliphatic carbocycles. The van der Waals surface area contributed by atoms with Crippen LogP contribution in [0.3, 0.4) is 0 Å². The number of aryl methyl sites for hydroxylation is 1. The molecule has 0 atom stereocenters. The van der Waals surface area contributed by atoms with Gasteiger partial charge in [0.1, 0.15) is 11.4 Å². The molecule has 1 aromatic heterocycles. The van der Waals surface area contributed by atoms with E-state index in [1.165, 1.54) is 0 Å². The monoisotopic (exact) mass is 282 g/mol. The van der Waals surface area contributed by atoms with E-state index < -0.39 is 23.1 Å². The minimum atomic E-state index is -1.07. The van der Waals surface area contributed by atoms with Gasteiger partial charge in [-0.3, -0.25) is 4.79 Å². The van der Waals surface area contributed by atoms with Gasteiger partial charge in [-0.1, -0.05) is 5.16 Å². The van der Waals surface area contributed by atoms with Crippen molar-refractivity contribution in [1.29, 1.82) is 0 Å². The molecule has 8 heteroatoms. The van der Waals surface area contributed by atoms with Gasteiger partial charge in [0.25, 0.3) is 5.91 Å². The summed E-state index contributed by atoms with van der Waals surface area (Å²) in [5.41, 5.74) is 4.30. The quantitative estimate of drug-likeness (QED) is 0.822. The Bertz CT molecular complexity index is 642. The number of nitrogens with two attached hydrogens (primary N) is 1. The highest BCUT2D eigenvalue weighted by molar-refractivity contribution is 5.95. The first-order chi connectivity index (χ1) is 9.49. The molecule has 6 nitrogen and oxygen atoms in total. The fourth-order valence-electron chi connectivity index (χ4n) is 1.59. The number of nitrogen functional groups attached to an aromatic ring is 1. The van der Waals surface area contributed by atoms with Crippen LogP contribution >= 0.6 is 0 Å². The highest BCUT2D eigenvalue weighted by Crippen LogP contribution is 2.18. The molecule has 0 spiro atoms. The summed E-state index contributed by atoms with van der Waals surface area (Å²) in [4.78, 5) is 15.7. The Morgan fingerprint density at radius 2 is 2.20 bits per heavy atom. The van der Waals surface area contributed by atoms with Crippen LogP contribution in [0.5, 0.6) is 0 Å². The fraction of sp³-hybridized carbons (Fsp3) is 0.250. The molecule has 1 aromatic carbocycles. The summed E-state index contributed by atoms with van der Waals surface area (Å²) in [6, 6.07) is 2.00. The van der Waals surface area contributed by atoms with Gasteiger partial charge < -0.3 is 15.6 Å². The number of hydrogen-bond acceptors (Lipinski definition) is 5. The van der Waals surface area contributed by atoms with E-state index in [9.17, 15) is 13.6 Å². The molecule has 0 aliphatic heterocycles. The zero-order valence-electron chi connectivity index (χ0n) is 10.6. The molecule has 0 unspecified atom stereocenters. The van der Waals surface area contributed by atoms with Gasteiger partial charge in [0.15, 0.2) is 11.6 Å². The first kappa shape index (κ1) is 13.9. The van der Waals surface area contributed by atoms with Crippen LogP contribution in [0.4, 0.5) is 14.5 Å². The Morgan fingerprint density at radius 3 is 2.85 bits per heavy atom. The van der Waals surface area contributed by atoms with Crippen LogP contribution < -0.4 is 11.1 Å². The molecule has 106 valence electrons. The molecule has 0 radical (unpaired) electrons. The molecule has 0 fully saturated rings. The molecule has 0 bridgehead atoms. The van der Waals surface area contributed by atoms with E-state index in [2.05, 4.69) is 15.5 Å². The number of nitrogens with zero attached hydrogens (tertiary/aromatic N) is 2. The lowest BCUT2D eigenvalue weighted by Gasteiger charge is -2.07. The van der Waals surface area contributed by atoms with Crippen molar-refractivity contribution in [2.45, 2.75) is 13.3 Å². The molecule has 1 amide bonds. The number of amides is 1. The minimum absolute atomic E-state index is 0.105. The van der Waals surface area contributed by atoms with Gasteiger partial charge in [-0.2, -0.15) is 4.98 Å². The highest BCUT2D eigenvalue weighted by atomic mass is 19.1. The molecule has 0 aliphatic rings. The normalized spacial score (nSPS) is 10.6. The largest absolute Gasteiger partial charge is 0.396 e. The second-order valence-electron chi connectivity index (χ2n) is 4.07. The van der Waals surface area contributed by atoms with Crippen LogP contribution in [0.2, 0.25) is 0 Å². The maximum absolute atomic E-state index is 13.6. The average Bonchev–Trinajstić information content (AvgIpc) is 2.80. The van der Waals surface area contributed by atoms with Crippen molar-refractivity contribution in [3.63, 3.8) is 0 Å². The third kappa shape index (κ3) is 2.90. The maximum Gasteiger partial charge on any atom is 0.257 e. The number of carbonyl (C=O) groups is 1. The summed E-state index contributed by atoms with van der Waals surface area (Å²) in [5, 5.41) is 5.94. The van der Waals surface area contributed by atoms with Crippen LogP contribution in [-0.2, 0) is 6.42 Å². The van der Waals surface area contributed by atoms with Crippen LogP contribution in [0.25, 0.3) is 0 Å². The Kier molecular flexibility index (Phi) is 3.92. The van der Waals surface area contributed by atoms with E-state index in [0.717, 1.165) is 12.1 Å². The SMILES string of the molecule is Cc1noc(CCNC(=O)c2c(F)ccc(N)c2F)n1. The molecule has 20 heavy (non-hydrogen) atoms. The summed E-state index contributed by atoms with van der Waals surface area (Å²) in [5.74, 6) is -2.13. The van der Waals surface area contributed by atoms with Crippen molar-refractivity contribution in [2.75, 3.05) is 12.3 Å². The van der Waals surface area contributed by atoms with Crippen LogP contribution in [0.1, 0.15) is 22.1 Å². The topological polar surface area (TPSA) is 94.0 Å². The standard InChI is InChI=1S/C12H12F2N4O2/c1-6-17-9(20-18-6)4-5-16-12(19)10-7(13)2-3-8(15)11(10)14/h2-3H,4-5,15H2,1H3,(H,16,19). The smallest absolute Gasteiger partial charge is 0.257 e. The van der Waals surface area contributed by atoms with Crippen molar-refractivity contribution in [3.8, 4) is 0 Å². The summed E-state index contributed by atoms with van der Waals surface area (Å²) in [6.07, 6.45) is 0.262. The van der Waals surface area contributed by atoms with Gasteiger partial charge in [-0.25, -0.2) is 8.78 Å². The summed E-state index contributed by atoms with van der Waals surface area (Å²) >= 11 is 0. The van der Waals surface area contributed by atoms with Crippen LogP contribution in [-0.4, -0.2) is 22.6 Å². The lowest BCUT2D eigenvalue weighted by Crippen LogP contribution is -2.28. The van der Waals surface area contributed by atoms with E-state index in [1.807, 2.05) is 0 Å². The first-order valence-electron chi connectivity index (χ1n) is 5.80. The van der Waals surface area contributed by atoms with Crippen LogP contribution in [0.15, 0.2) is 16.7 Å². The van der Waals surface area contributed by atoms with E-state index in [1.54, 1.807) is 6.92 Å². The van der Waals surface area contributed by atoms with Crippen LogP contribution in [0, 0.1) is 18.6 Å². The Hall–Kier alpha value is -2.51. The van der Waals surface area contributed by atoms with Crippen molar-refractivity contribution in [1.82, 2.24) is 15.5 Å². The van der Waals surface area contributed by atoms with Gasteiger partial charge in [-0.15, -0.1) is 0 Å². The third-order valence-electron chi connectivity index (χ3n) is 2.54. The number of rotatable bonds is 4. The number of halogens is 2. The zero-order chi connectivity index (χ0) is 14.7. The van der Waals surface area contributed by atoms with E-state index in [-0.39, 0.29) is 18.7 Å². The summed E-state index contributed by atoms with van der Waals surface area (Å²) in [6.45, 7) is 1.76. The Morgan fingerprint density at radius 1 is 1.45 bits per heavy atom. The number of carbonyl (C=O) groups excluding carboxylic acids is 1. The van der Waals surface area contributed by atoms with E-state index in [4.69, 9.17) is 10.3 Å². The van der Waals surface area contributed by atoms with Crippen molar-refractivity contribution in [3.05, 3.63) is 41.0 Å². The van der Waals surface area contributed by atoms with Gasteiger partial charge in [0, 0.05) is 13.0 Å². The van der Waals surface area contributed by atoms with Gasteiger partial charge in [0.05, 0.1) is 5.69 Å². The first-order valence-corrected chi connectivity index (χ1v) is 5.80. The fourth-order valence-corrected chi connectivity index (χ4v) is 1.59. The van der Waals surface area contributed by atoms with Crippen molar-refractivity contribution >= 4 is 11.6 Å². The van der Waals surface area contributed by atoms with Crippen molar-refractivity contribution < 1.29 is 18.1 Å². The number of hydrogen-bond donors (Lipinski definition) is 2. The molecular weight excluding hydrogens is 270 g/mol. The van der Waals surface area contributed by atoms with Crippen molar-refractivity contribution in [2.24, 2.45) is 0 Å². The third-order valence-corrected chi connectivity index (χ3v) is 2.54. The molecule has 2 aromatic rings. The summed E-state index contributed by atoms with van der Waals surface area (Å²) in [7, 11) is 0. The van der Waals surface area contributed by atoms with E-state index in [0.29, 0.717) is 11.7 Å². The maximum atomic E-state index is 13.6. The highest BCUT2D eigenvalue weighted by Gasteiger charge is 2.19. The zero-order valence-corrected chi connectivity index (χ0v) is 10.6. The second-order valence-corrected chi connectivity index (χ2v) is 4.07. The van der Waals surface area contributed by atoms with Gasteiger partial charge in [-0.05, 0) is 19.1 Å². The number of nitrogens with one attached hydrogen (secondary N) is 1. The number of aromatic nitrogens is 2. The predicted octanol–water partition coefficient (Wildman–Crippen LogP) is 1.21. The Balaban J connectivity index is 2.00. The van der Waals surface area contributed by atoms with E-state index >= 15 is 0 Å². The lowest BCUT2D eigenvalue weighted by molar-refractivity contribution is 0.0945. The predicted molar refractivity (Wildman–Crippen MR) is 65.8 cm³/mol. The Labute approximate surface area is 113 Å². The van der Waals surface area contributed by atoms with Gasteiger partial charge >= 0.3 is 0 Å². The molecule has 3 N–H and O–H groups in total. The summed E-state index contributed by atoms with van der Waals surface area (Å²) < 4.78 is 31.9. The van der Waals surface area contributed by atoms with Gasteiger partial charge in [0.2, 0.25) is 5.89 Å². The molecular formula is C12H12F2N4O2. The molecule has 0 saturated carbocycles. The number of anilines is 1.